The zero-order valence-corrected chi connectivity index (χ0v) is 11.5. The van der Waals surface area contributed by atoms with E-state index in [1.807, 2.05) is 19.1 Å². The number of benzene rings is 1. The van der Waals surface area contributed by atoms with Gasteiger partial charge in [0.05, 0.1) is 0 Å². The van der Waals surface area contributed by atoms with E-state index in [0.717, 1.165) is 14.7 Å². The second kappa shape index (κ2) is 6.01. The van der Waals surface area contributed by atoms with Crippen molar-refractivity contribution >= 4 is 22.6 Å². The van der Waals surface area contributed by atoms with Gasteiger partial charge in [-0.1, -0.05) is 18.2 Å². The molecule has 1 atom stereocenters. The Bertz CT molecular complexity index is 379. The molecule has 1 aromatic rings. The summed E-state index contributed by atoms with van der Waals surface area (Å²) in [4.78, 5) is 0. The summed E-state index contributed by atoms with van der Waals surface area (Å²) in [7, 11) is 0. The van der Waals surface area contributed by atoms with Crippen LogP contribution in [0.1, 0.15) is 30.0 Å². The lowest BCUT2D eigenvalue weighted by molar-refractivity contribution is -0.136. The summed E-state index contributed by atoms with van der Waals surface area (Å²) in [6.07, 6.45) is -5.05. The zero-order chi connectivity index (χ0) is 13.1. The van der Waals surface area contributed by atoms with E-state index in [1.165, 1.54) is 0 Å². The Labute approximate surface area is 112 Å². The van der Waals surface area contributed by atoms with E-state index in [4.69, 9.17) is 5.84 Å². The maximum atomic E-state index is 12.2. The quantitative estimate of drug-likeness (QED) is 0.492. The van der Waals surface area contributed by atoms with Crippen molar-refractivity contribution in [3.05, 3.63) is 32.9 Å². The first kappa shape index (κ1) is 14.7. The van der Waals surface area contributed by atoms with Gasteiger partial charge in [-0.05, 0) is 47.1 Å². The number of hydrogen-bond donors (Lipinski definition) is 2. The molecule has 0 heterocycles. The molecule has 1 rings (SSSR count). The second-order valence-electron chi connectivity index (χ2n) is 3.85. The summed E-state index contributed by atoms with van der Waals surface area (Å²) in [5.41, 5.74) is 4.31. The molecule has 0 aliphatic carbocycles. The maximum Gasteiger partial charge on any atom is 0.389 e. The molecule has 0 aromatic heterocycles. The molecular formula is C11H14F3IN2. The number of hydrogen-bond acceptors (Lipinski definition) is 2. The number of nitrogens with two attached hydrogens (primary N) is 1. The molecule has 17 heavy (non-hydrogen) atoms. The molecule has 1 unspecified atom stereocenters. The van der Waals surface area contributed by atoms with Crippen LogP contribution < -0.4 is 11.3 Å². The van der Waals surface area contributed by atoms with Crippen molar-refractivity contribution in [1.29, 1.82) is 0 Å². The highest BCUT2D eigenvalue weighted by atomic mass is 127. The van der Waals surface area contributed by atoms with Gasteiger partial charge in [0.25, 0.3) is 0 Å². The van der Waals surface area contributed by atoms with Crippen molar-refractivity contribution in [2.24, 2.45) is 5.84 Å². The third kappa shape index (κ3) is 4.44. The van der Waals surface area contributed by atoms with Gasteiger partial charge < -0.3 is 0 Å². The van der Waals surface area contributed by atoms with E-state index in [9.17, 15) is 13.2 Å². The van der Waals surface area contributed by atoms with Crippen LogP contribution in [0.5, 0.6) is 0 Å². The van der Waals surface area contributed by atoms with Crippen molar-refractivity contribution in [1.82, 2.24) is 5.43 Å². The van der Waals surface area contributed by atoms with Crippen molar-refractivity contribution < 1.29 is 13.2 Å². The largest absolute Gasteiger partial charge is 0.389 e. The van der Waals surface area contributed by atoms with Gasteiger partial charge in [-0.25, -0.2) is 0 Å². The summed E-state index contributed by atoms with van der Waals surface area (Å²) in [6, 6.07) is 5.08. The minimum atomic E-state index is -4.15. The van der Waals surface area contributed by atoms with E-state index in [2.05, 4.69) is 28.0 Å². The van der Waals surface area contributed by atoms with Crippen LogP contribution in [0.15, 0.2) is 18.2 Å². The highest BCUT2D eigenvalue weighted by Gasteiger charge is 2.29. The number of nitrogens with one attached hydrogen (secondary N) is 1. The standard InChI is InChI=1S/C11H14F3IN2/c1-7-3-2-4-8(10(7)15)9(17-16)5-6-11(12,13)14/h2-4,9,17H,5-6,16H2,1H3. The van der Waals surface area contributed by atoms with Crippen molar-refractivity contribution in [3.8, 4) is 0 Å². The van der Waals surface area contributed by atoms with E-state index in [1.54, 1.807) is 6.07 Å². The fourth-order valence-corrected chi connectivity index (χ4v) is 2.31. The number of aryl methyl sites for hydroxylation is 1. The molecule has 0 aliphatic heterocycles. The molecule has 0 aliphatic rings. The van der Waals surface area contributed by atoms with E-state index >= 15 is 0 Å². The molecule has 96 valence electrons. The first-order chi connectivity index (χ1) is 7.85. The molecule has 0 saturated carbocycles. The molecule has 0 bridgehead atoms. The average molecular weight is 358 g/mol. The molecule has 0 saturated heterocycles. The lowest BCUT2D eigenvalue weighted by Crippen LogP contribution is -2.29. The monoisotopic (exact) mass is 358 g/mol. The van der Waals surface area contributed by atoms with Gasteiger partial charge in [0, 0.05) is 16.0 Å². The molecule has 0 spiro atoms. The van der Waals surface area contributed by atoms with E-state index in [-0.39, 0.29) is 6.42 Å². The molecule has 0 amide bonds. The summed E-state index contributed by atoms with van der Waals surface area (Å²) in [5, 5.41) is 0. The highest BCUT2D eigenvalue weighted by molar-refractivity contribution is 14.1. The van der Waals surface area contributed by atoms with Crippen molar-refractivity contribution in [2.75, 3.05) is 0 Å². The molecule has 0 fully saturated rings. The van der Waals surface area contributed by atoms with Gasteiger partial charge in [0.2, 0.25) is 0 Å². The number of halogens is 4. The predicted octanol–water partition coefficient (Wildman–Crippen LogP) is 3.45. The maximum absolute atomic E-state index is 12.2. The first-order valence-corrected chi connectivity index (χ1v) is 6.21. The molecule has 2 nitrogen and oxygen atoms in total. The number of alkyl halides is 3. The van der Waals surface area contributed by atoms with Gasteiger partial charge in [-0.15, -0.1) is 0 Å². The number of hydrazine groups is 1. The van der Waals surface area contributed by atoms with Crippen LogP contribution in [0.3, 0.4) is 0 Å². The van der Waals surface area contributed by atoms with Crippen LogP contribution in [0.25, 0.3) is 0 Å². The Hall–Kier alpha value is -0.340. The summed E-state index contributed by atoms with van der Waals surface area (Å²) >= 11 is 2.13. The lowest BCUT2D eigenvalue weighted by atomic mass is 10.0. The lowest BCUT2D eigenvalue weighted by Gasteiger charge is -2.19. The number of rotatable bonds is 4. The Morgan fingerprint density at radius 2 is 2.06 bits per heavy atom. The zero-order valence-electron chi connectivity index (χ0n) is 9.31. The van der Waals surface area contributed by atoms with Crippen LogP contribution in [-0.4, -0.2) is 6.18 Å². The van der Waals surface area contributed by atoms with Crippen molar-refractivity contribution in [3.63, 3.8) is 0 Å². The van der Waals surface area contributed by atoms with Crippen molar-refractivity contribution in [2.45, 2.75) is 32.0 Å². The molecule has 1 aromatic carbocycles. The van der Waals surface area contributed by atoms with Crippen LogP contribution in [0, 0.1) is 10.5 Å². The topological polar surface area (TPSA) is 38.0 Å². The third-order valence-electron chi connectivity index (χ3n) is 2.51. The van der Waals surface area contributed by atoms with Gasteiger partial charge in [-0.3, -0.25) is 11.3 Å². The summed E-state index contributed by atoms with van der Waals surface area (Å²) in [5.74, 6) is 5.33. The summed E-state index contributed by atoms with van der Waals surface area (Å²) < 4.78 is 37.5. The van der Waals surface area contributed by atoms with Crippen LogP contribution in [0.4, 0.5) is 13.2 Å². The summed E-state index contributed by atoms with van der Waals surface area (Å²) in [6.45, 7) is 1.92. The SMILES string of the molecule is Cc1cccc(C(CCC(F)(F)F)NN)c1I. The van der Waals surface area contributed by atoms with Crippen LogP contribution in [-0.2, 0) is 0 Å². The first-order valence-electron chi connectivity index (χ1n) is 5.13. The Kier molecular flexibility index (Phi) is 5.21. The Morgan fingerprint density at radius 1 is 1.41 bits per heavy atom. The second-order valence-corrected chi connectivity index (χ2v) is 4.93. The normalized spacial score (nSPS) is 13.8. The minimum Gasteiger partial charge on any atom is -0.271 e. The van der Waals surface area contributed by atoms with Gasteiger partial charge in [-0.2, -0.15) is 13.2 Å². The van der Waals surface area contributed by atoms with Crippen LogP contribution >= 0.6 is 22.6 Å². The fourth-order valence-electron chi connectivity index (χ4n) is 1.58. The fraction of sp³-hybridized carbons (Fsp3) is 0.455. The van der Waals surface area contributed by atoms with Gasteiger partial charge in [0.1, 0.15) is 0 Å². The van der Waals surface area contributed by atoms with E-state index in [0.29, 0.717) is 0 Å². The van der Waals surface area contributed by atoms with E-state index < -0.39 is 18.6 Å². The minimum absolute atomic E-state index is 0.0561. The van der Waals surface area contributed by atoms with Gasteiger partial charge >= 0.3 is 6.18 Å². The molecule has 6 heteroatoms. The van der Waals surface area contributed by atoms with Crippen LogP contribution in [0.2, 0.25) is 0 Å². The molecule has 0 radical (unpaired) electrons. The Balaban J connectivity index is 2.83. The highest BCUT2D eigenvalue weighted by Crippen LogP contribution is 2.30. The predicted molar refractivity (Wildman–Crippen MR) is 69.2 cm³/mol. The van der Waals surface area contributed by atoms with Gasteiger partial charge in [0.15, 0.2) is 0 Å². The third-order valence-corrected chi connectivity index (χ3v) is 3.99. The smallest absolute Gasteiger partial charge is 0.271 e. The molecular weight excluding hydrogens is 344 g/mol. The average Bonchev–Trinajstić information content (AvgIpc) is 2.23. The molecule has 3 N–H and O–H groups in total. The Morgan fingerprint density at radius 3 is 2.59 bits per heavy atom.